The Labute approximate surface area is 163 Å². The molecule has 0 fully saturated rings. The second kappa shape index (κ2) is 11.3. The molecule has 2 aromatic rings. The van der Waals surface area contributed by atoms with E-state index in [0.717, 1.165) is 43.4 Å². The van der Waals surface area contributed by atoms with E-state index in [1.165, 1.54) is 42.0 Å². The molecule has 0 radical (unpaired) electrons. The first-order valence-corrected chi connectivity index (χ1v) is 10.5. The topological polar surface area (TPSA) is 18.5 Å². The van der Waals surface area contributed by atoms with Crippen LogP contribution in [0.5, 0.6) is 11.5 Å². The van der Waals surface area contributed by atoms with Gasteiger partial charge in [0, 0.05) is 5.88 Å². The number of aryl methyl sites for hydroxylation is 1. The Morgan fingerprint density at radius 2 is 1.62 bits per heavy atom. The number of benzene rings is 2. The normalized spacial score (nSPS) is 11.3. The largest absolute Gasteiger partial charge is 0.494 e. The van der Waals surface area contributed by atoms with Crippen molar-refractivity contribution >= 4 is 22.4 Å². The van der Waals surface area contributed by atoms with Crippen molar-refractivity contribution in [2.24, 2.45) is 5.92 Å². The fraction of sp³-hybridized carbons (Fsp3) is 0.565. The molecule has 0 aliphatic heterocycles. The summed E-state index contributed by atoms with van der Waals surface area (Å²) in [7, 11) is 0. The Bertz CT molecular complexity index is 667. The number of rotatable bonds is 12. The molecule has 0 amide bonds. The number of halogens is 1. The van der Waals surface area contributed by atoms with Crippen molar-refractivity contribution in [2.75, 3.05) is 19.1 Å². The Morgan fingerprint density at radius 3 is 2.35 bits per heavy atom. The molecule has 0 spiro atoms. The molecular formula is C23H33ClO2. The molecule has 2 rings (SSSR count). The monoisotopic (exact) mass is 376 g/mol. The summed E-state index contributed by atoms with van der Waals surface area (Å²) in [6, 6.07) is 10.6. The molecule has 0 aromatic heterocycles. The van der Waals surface area contributed by atoms with Crippen LogP contribution >= 0.6 is 11.6 Å². The summed E-state index contributed by atoms with van der Waals surface area (Å²) >= 11 is 5.69. The Morgan fingerprint density at radius 1 is 0.885 bits per heavy atom. The molecule has 0 saturated heterocycles. The highest BCUT2D eigenvalue weighted by atomic mass is 35.5. The van der Waals surface area contributed by atoms with Gasteiger partial charge in [-0.05, 0) is 60.2 Å². The molecule has 0 aliphatic carbocycles. The van der Waals surface area contributed by atoms with Gasteiger partial charge in [0.1, 0.15) is 11.5 Å². The molecule has 0 bridgehead atoms. The van der Waals surface area contributed by atoms with E-state index in [9.17, 15) is 0 Å². The molecule has 2 nitrogen and oxygen atoms in total. The van der Waals surface area contributed by atoms with Crippen LogP contribution in [0.4, 0.5) is 0 Å². The van der Waals surface area contributed by atoms with Gasteiger partial charge in [-0.25, -0.2) is 0 Å². The van der Waals surface area contributed by atoms with Crippen molar-refractivity contribution in [1.82, 2.24) is 0 Å². The average molecular weight is 377 g/mol. The molecule has 0 atom stereocenters. The van der Waals surface area contributed by atoms with Gasteiger partial charge in [0.05, 0.1) is 13.2 Å². The molecule has 2 aromatic carbocycles. The van der Waals surface area contributed by atoms with Crippen LogP contribution in [0.2, 0.25) is 0 Å². The zero-order valence-electron chi connectivity index (χ0n) is 16.5. The van der Waals surface area contributed by atoms with Crippen LogP contribution in [0.3, 0.4) is 0 Å². The number of ether oxygens (including phenoxy) is 2. The zero-order valence-corrected chi connectivity index (χ0v) is 17.3. The number of unbranched alkanes of at least 4 members (excludes halogenated alkanes) is 5. The van der Waals surface area contributed by atoms with Gasteiger partial charge in [-0.15, -0.1) is 11.6 Å². The van der Waals surface area contributed by atoms with Crippen LogP contribution in [0.1, 0.15) is 57.9 Å². The van der Waals surface area contributed by atoms with Crippen molar-refractivity contribution in [3.63, 3.8) is 0 Å². The van der Waals surface area contributed by atoms with E-state index in [-0.39, 0.29) is 0 Å². The number of hydrogen-bond donors (Lipinski definition) is 0. The SMILES string of the molecule is Cc1c(OCC(C)C)ccc2cc(OCCCCCCCCCl)ccc12. The molecule has 0 heterocycles. The van der Waals surface area contributed by atoms with Crippen molar-refractivity contribution in [1.29, 1.82) is 0 Å². The lowest BCUT2D eigenvalue weighted by atomic mass is 10.0. The predicted molar refractivity (Wildman–Crippen MR) is 113 cm³/mol. The maximum absolute atomic E-state index is 5.94. The summed E-state index contributed by atoms with van der Waals surface area (Å²) in [4.78, 5) is 0. The maximum atomic E-state index is 5.94. The molecule has 3 heteroatoms. The van der Waals surface area contributed by atoms with Gasteiger partial charge in [0.25, 0.3) is 0 Å². The van der Waals surface area contributed by atoms with Crippen molar-refractivity contribution in [2.45, 2.75) is 59.3 Å². The summed E-state index contributed by atoms with van der Waals surface area (Å²) in [5.41, 5.74) is 1.20. The van der Waals surface area contributed by atoms with Crippen LogP contribution in [-0.2, 0) is 0 Å². The highest BCUT2D eigenvalue weighted by Gasteiger charge is 2.07. The van der Waals surface area contributed by atoms with Crippen molar-refractivity contribution < 1.29 is 9.47 Å². The van der Waals surface area contributed by atoms with Gasteiger partial charge in [-0.3, -0.25) is 0 Å². The number of hydrogen-bond acceptors (Lipinski definition) is 2. The van der Waals surface area contributed by atoms with Gasteiger partial charge in [-0.2, -0.15) is 0 Å². The first kappa shape index (κ1) is 20.9. The Hall–Kier alpha value is -1.41. The molecule has 26 heavy (non-hydrogen) atoms. The van der Waals surface area contributed by atoms with E-state index in [4.69, 9.17) is 21.1 Å². The summed E-state index contributed by atoms with van der Waals surface area (Å²) in [6.45, 7) is 8.00. The van der Waals surface area contributed by atoms with Crippen LogP contribution in [0, 0.1) is 12.8 Å². The summed E-state index contributed by atoms with van der Waals surface area (Å²) in [5.74, 6) is 3.25. The first-order chi connectivity index (χ1) is 12.6. The molecular weight excluding hydrogens is 344 g/mol. The molecule has 0 aliphatic rings. The molecule has 0 saturated carbocycles. The fourth-order valence-corrected chi connectivity index (χ4v) is 3.23. The van der Waals surface area contributed by atoms with E-state index in [2.05, 4.69) is 51.1 Å². The van der Waals surface area contributed by atoms with Crippen LogP contribution in [0.25, 0.3) is 10.8 Å². The summed E-state index contributed by atoms with van der Waals surface area (Å²) < 4.78 is 11.9. The van der Waals surface area contributed by atoms with Crippen molar-refractivity contribution in [3.05, 3.63) is 35.9 Å². The molecule has 144 valence electrons. The molecule has 0 N–H and O–H groups in total. The summed E-state index contributed by atoms with van der Waals surface area (Å²) in [6.07, 6.45) is 7.28. The quantitative estimate of drug-likeness (QED) is 0.289. The third-order valence-electron chi connectivity index (χ3n) is 4.58. The van der Waals surface area contributed by atoms with E-state index in [0.29, 0.717) is 5.92 Å². The first-order valence-electron chi connectivity index (χ1n) is 9.96. The predicted octanol–water partition coefficient (Wildman–Crippen LogP) is 7.14. The highest BCUT2D eigenvalue weighted by molar-refractivity contribution is 6.17. The minimum absolute atomic E-state index is 0.529. The lowest BCUT2D eigenvalue weighted by molar-refractivity contribution is 0.270. The van der Waals surface area contributed by atoms with Crippen LogP contribution in [0.15, 0.2) is 30.3 Å². The van der Waals surface area contributed by atoms with Gasteiger partial charge in [0.15, 0.2) is 0 Å². The van der Waals surface area contributed by atoms with Gasteiger partial charge in [-0.1, -0.05) is 51.7 Å². The zero-order chi connectivity index (χ0) is 18.8. The van der Waals surface area contributed by atoms with Crippen LogP contribution in [-0.4, -0.2) is 19.1 Å². The Balaban J connectivity index is 1.84. The van der Waals surface area contributed by atoms with E-state index in [1.807, 2.05) is 0 Å². The average Bonchev–Trinajstić information content (AvgIpc) is 2.63. The van der Waals surface area contributed by atoms with E-state index < -0.39 is 0 Å². The van der Waals surface area contributed by atoms with Gasteiger partial charge >= 0.3 is 0 Å². The minimum Gasteiger partial charge on any atom is -0.494 e. The third kappa shape index (κ3) is 6.72. The highest BCUT2D eigenvalue weighted by Crippen LogP contribution is 2.30. The fourth-order valence-electron chi connectivity index (χ4n) is 3.04. The third-order valence-corrected chi connectivity index (χ3v) is 4.85. The maximum Gasteiger partial charge on any atom is 0.122 e. The van der Waals surface area contributed by atoms with Crippen molar-refractivity contribution in [3.8, 4) is 11.5 Å². The molecule has 0 unspecified atom stereocenters. The minimum atomic E-state index is 0.529. The van der Waals surface area contributed by atoms with Crippen LogP contribution < -0.4 is 9.47 Å². The second-order valence-corrected chi connectivity index (χ2v) is 7.81. The van der Waals surface area contributed by atoms with Gasteiger partial charge in [0.2, 0.25) is 0 Å². The second-order valence-electron chi connectivity index (χ2n) is 7.44. The smallest absolute Gasteiger partial charge is 0.122 e. The van der Waals surface area contributed by atoms with E-state index in [1.54, 1.807) is 0 Å². The Kier molecular flexibility index (Phi) is 9.11. The number of fused-ring (bicyclic) bond motifs is 1. The number of alkyl halides is 1. The standard InChI is InChI=1S/C23H33ClO2/c1-18(2)17-26-23-13-10-20-16-21(11-12-22(20)19(23)3)25-15-9-7-5-4-6-8-14-24/h10-13,16,18H,4-9,14-15,17H2,1-3H3. The lowest BCUT2D eigenvalue weighted by Gasteiger charge is -2.14. The van der Waals surface area contributed by atoms with E-state index >= 15 is 0 Å². The lowest BCUT2D eigenvalue weighted by Crippen LogP contribution is -2.05. The van der Waals surface area contributed by atoms with Gasteiger partial charge < -0.3 is 9.47 Å². The summed E-state index contributed by atoms with van der Waals surface area (Å²) in [5, 5.41) is 2.44.